The molecule has 0 bridgehead atoms. The second-order valence-corrected chi connectivity index (χ2v) is 3.68. The number of fused-ring (bicyclic) bond motifs is 1. The predicted octanol–water partition coefficient (Wildman–Crippen LogP) is 0.854. The zero-order valence-electron chi connectivity index (χ0n) is 8.64. The van der Waals surface area contributed by atoms with Crippen LogP contribution in [-0.4, -0.2) is 18.6 Å². The Morgan fingerprint density at radius 3 is 3.00 bits per heavy atom. The van der Waals surface area contributed by atoms with Gasteiger partial charge < -0.3 is 10.6 Å². The molecule has 15 heavy (non-hydrogen) atoms. The van der Waals surface area contributed by atoms with E-state index in [1.165, 1.54) is 5.56 Å². The van der Waals surface area contributed by atoms with Gasteiger partial charge in [0.2, 0.25) is 0 Å². The minimum absolute atomic E-state index is 0.397. The summed E-state index contributed by atoms with van der Waals surface area (Å²) in [7, 11) is 0. The van der Waals surface area contributed by atoms with Gasteiger partial charge in [-0.3, -0.25) is 0 Å². The van der Waals surface area contributed by atoms with Crippen LogP contribution in [0.1, 0.15) is 12.5 Å². The highest BCUT2D eigenvalue weighted by atomic mass is 16.7. The third-order valence-electron chi connectivity index (χ3n) is 2.42. The molecule has 0 spiro atoms. The van der Waals surface area contributed by atoms with E-state index in [0.717, 1.165) is 12.1 Å². The first-order valence-electron chi connectivity index (χ1n) is 5.01. The fraction of sp³-hybridized carbons (Fsp3) is 0.364. The van der Waals surface area contributed by atoms with E-state index in [1.54, 1.807) is 12.0 Å². The number of nitrogens with two attached hydrogens (primary N) is 1. The lowest BCUT2D eigenvalue weighted by atomic mass is 10.2. The molecule has 0 fully saturated rings. The number of hydrogen-bond donors (Lipinski definition) is 1. The summed E-state index contributed by atoms with van der Waals surface area (Å²) in [4.78, 5) is 16.5. The molecular formula is C11H14N2O2. The summed E-state index contributed by atoms with van der Waals surface area (Å²) < 4.78 is 0. The number of anilines is 1. The first-order valence-corrected chi connectivity index (χ1v) is 5.01. The van der Waals surface area contributed by atoms with Gasteiger partial charge in [0.15, 0.2) is 0 Å². The molecule has 0 amide bonds. The van der Waals surface area contributed by atoms with Crippen molar-refractivity contribution in [3.63, 3.8) is 0 Å². The van der Waals surface area contributed by atoms with Crippen molar-refractivity contribution in [2.24, 2.45) is 5.73 Å². The maximum absolute atomic E-state index is 11.3. The Morgan fingerprint density at radius 2 is 2.27 bits per heavy atom. The van der Waals surface area contributed by atoms with Crippen LogP contribution < -0.4 is 10.8 Å². The molecule has 4 nitrogen and oxygen atoms in total. The molecule has 1 aliphatic heterocycles. The van der Waals surface area contributed by atoms with Crippen molar-refractivity contribution in [3.8, 4) is 0 Å². The van der Waals surface area contributed by atoms with Crippen LogP contribution in [-0.2, 0) is 16.1 Å². The van der Waals surface area contributed by atoms with Crippen LogP contribution in [0.2, 0.25) is 0 Å². The Morgan fingerprint density at radius 1 is 1.53 bits per heavy atom. The molecular weight excluding hydrogens is 192 g/mol. The molecule has 0 aromatic heterocycles. The lowest BCUT2D eigenvalue weighted by molar-refractivity contribution is -0.146. The second kappa shape index (κ2) is 3.90. The summed E-state index contributed by atoms with van der Waals surface area (Å²) in [6.45, 7) is 2.32. The van der Waals surface area contributed by atoms with Crippen molar-refractivity contribution in [2.45, 2.75) is 19.4 Å². The summed E-state index contributed by atoms with van der Waals surface area (Å²) in [6.07, 6.45) is 0.905. The molecule has 2 N–H and O–H groups in total. The van der Waals surface area contributed by atoms with Crippen molar-refractivity contribution in [2.75, 3.05) is 11.6 Å². The summed E-state index contributed by atoms with van der Waals surface area (Å²) in [6, 6.07) is 7.30. The second-order valence-electron chi connectivity index (χ2n) is 3.68. The number of nitrogens with zero attached hydrogens (tertiary/aromatic N) is 1. The Balaban J connectivity index is 2.11. The monoisotopic (exact) mass is 206 g/mol. The third kappa shape index (κ3) is 1.94. The number of benzene rings is 1. The first kappa shape index (κ1) is 9.98. The van der Waals surface area contributed by atoms with Crippen molar-refractivity contribution >= 4 is 11.7 Å². The largest absolute Gasteiger partial charge is 0.348 e. The van der Waals surface area contributed by atoms with Gasteiger partial charge in [-0.15, -0.1) is 0 Å². The summed E-state index contributed by atoms with van der Waals surface area (Å²) in [5.41, 5.74) is 7.60. The summed E-state index contributed by atoms with van der Waals surface area (Å²) in [5.74, 6) is -0.397. The highest BCUT2D eigenvalue weighted by Crippen LogP contribution is 2.27. The SMILES string of the molecule is C[C@H](N)C(=O)ON1CCc2ccccc21. The predicted molar refractivity (Wildman–Crippen MR) is 57.2 cm³/mol. The van der Waals surface area contributed by atoms with Crippen LogP contribution >= 0.6 is 0 Å². The topological polar surface area (TPSA) is 55.6 Å². The van der Waals surface area contributed by atoms with E-state index in [1.807, 2.05) is 24.3 Å². The van der Waals surface area contributed by atoms with E-state index < -0.39 is 12.0 Å². The molecule has 0 saturated carbocycles. The van der Waals surface area contributed by atoms with Crippen molar-refractivity contribution in [1.82, 2.24) is 0 Å². The van der Waals surface area contributed by atoms with Crippen LogP contribution in [0.5, 0.6) is 0 Å². The normalized spacial score (nSPS) is 16.0. The van der Waals surface area contributed by atoms with Gasteiger partial charge in [0.05, 0.1) is 12.2 Å². The maximum Gasteiger partial charge on any atom is 0.348 e. The molecule has 0 unspecified atom stereocenters. The number of carbonyl (C=O) groups is 1. The van der Waals surface area contributed by atoms with E-state index in [0.29, 0.717) is 6.54 Å². The average Bonchev–Trinajstić information content (AvgIpc) is 2.62. The first-order chi connectivity index (χ1) is 7.18. The van der Waals surface area contributed by atoms with E-state index in [9.17, 15) is 4.79 Å². The molecule has 4 heteroatoms. The molecule has 2 rings (SSSR count). The van der Waals surface area contributed by atoms with Crippen LogP contribution in [0.3, 0.4) is 0 Å². The van der Waals surface area contributed by atoms with Gasteiger partial charge in [-0.2, -0.15) is 0 Å². The minimum atomic E-state index is -0.585. The average molecular weight is 206 g/mol. The standard InChI is InChI=1S/C11H14N2O2/c1-8(12)11(14)15-13-7-6-9-4-2-3-5-10(9)13/h2-5,8H,6-7,12H2,1H3/t8-/m0/s1. The van der Waals surface area contributed by atoms with Crippen LogP contribution in [0, 0.1) is 0 Å². The number of para-hydroxylation sites is 1. The molecule has 1 aromatic carbocycles. The zero-order valence-corrected chi connectivity index (χ0v) is 8.64. The smallest absolute Gasteiger partial charge is 0.339 e. The minimum Gasteiger partial charge on any atom is -0.339 e. The van der Waals surface area contributed by atoms with Gasteiger partial charge in [0.1, 0.15) is 6.04 Å². The van der Waals surface area contributed by atoms with Crippen molar-refractivity contribution in [3.05, 3.63) is 29.8 Å². The Hall–Kier alpha value is -1.55. The van der Waals surface area contributed by atoms with E-state index >= 15 is 0 Å². The summed E-state index contributed by atoms with van der Waals surface area (Å²) in [5, 5.41) is 1.61. The Kier molecular flexibility index (Phi) is 2.60. The quantitative estimate of drug-likeness (QED) is 0.779. The molecule has 1 heterocycles. The fourth-order valence-electron chi connectivity index (χ4n) is 1.59. The molecule has 1 atom stereocenters. The maximum atomic E-state index is 11.3. The highest BCUT2D eigenvalue weighted by molar-refractivity contribution is 5.76. The van der Waals surface area contributed by atoms with Crippen LogP contribution in [0.15, 0.2) is 24.3 Å². The molecule has 1 aromatic rings. The van der Waals surface area contributed by atoms with Gasteiger partial charge in [-0.25, -0.2) is 9.86 Å². The van der Waals surface area contributed by atoms with Gasteiger partial charge in [-0.05, 0) is 25.0 Å². The Bertz CT molecular complexity index is 377. The highest BCUT2D eigenvalue weighted by Gasteiger charge is 2.23. The van der Waals surface area contributed by atoms with Gasteiger partial charge in [0.25, 0.3) is 0 Å². The van der Waals surface area contributed by atoms with Crippen LogP contribution in [0.4, 0.5) is 5.69 Å². The zero-order chi connectivity index (χ0) is 10.8. The van der Waals surface area contributed by atoms with Crippen molar-refractivity contribution < 1.29 is 9.63 Å². The molecule has 0 aliphatic carbocycles. The number of rotatable bonds is 2. The lowest BCUT2D eigenvalue weighted by Gasteiger charge is -2.19. The number of carbonyl (C=O) groups excluding carboxylic acids is 1. The van der Waals surface area contributed by atoms with Crippen molar-refractivity contribution in [1.29, 1.82) is 0 Å². The number of hydrogen-bond acceptors (Lipinski definition) is 4. The Labute approximate surface area is 88.6 Å². The molecule has 1 aliphatic rings. The van der Waals surface area contributed by atoms with Gasteiger partial charge in [-0.1, -0.05) is 18.2 Å². The summed E-state index contributed by atoms with van der Waals surface area (Å²) >= 11 is 0. The van der Waals surface area contributed by atoms with E-state index in [2.05, 4.69) is 0 Å². The van der Waals surface area contributed by atoms with E-state index in [-0.39, 0.29) is 0 Å². The molecule has 80 valence electrons. The molecule has 0 saturated heterocycles. The van der Waals surface area contributed by atoms with E-state index in [4.69, 9.17) is 10.6 Å². The van der Waals surface area contributed by atoms with Gasteiger partial charge >= 0.3 is 5.97 Å². The third-order valence-corrected chi connectivity index (χ3v) is 2.42. The van der Waals surface area contributed by atoms with Gasteiger partial charge in [0, 0.05) is 0 Å². The lowest BCUT2D eigenvalue weighted by Crippen LogP contribution is -2.35. The number of hydroxylamine groups is 1. The van der Waals surface area contributed by atoms with Crippen LogP contribution in [0.25, 0.3) is 0 Å². The fourth-order valence-corrected chi connectivity index (χ4v) is 1.59. The molecule has 0 radical (unpaired) electrons.